The van der Waals surface area contributed by atoms with Gasteiger partial charge < -0.3 is 5.32 Å². The van der Waals surface area contributed by atoms with Crippen molar-refractivity contribution in [3.05, 3.63) is 66.4 Å². The quantitative estimate of drug-likeness (QED) is 0.775. The summed E-state index contributed by atoms with van der Waals surface area (Å²) in [7, 11) is 1.91. The Kier molecular flexibility index (Phi) is 3.16. The number of hydrogen-bond acceptors (Lipinski definition) is 4. The molecule has 3 aromatic rings. The smallest absolute Gasteiger partial charge is 0.149 e. The van der Waals surface area contributed by atoms with Crippen molar-refractivity contribution in [1.82, 2.24) is 20.3 Å². The molecule has 4 nitrogen and oxygen atoms in total. The summed E-state index contributed by atoms with van der Waals surface area (Å²) in [6.07, 6.45) is 5.32. The van der Waals surface area contributed by atoms with Gasteiger partial charge in [0.2, 0.25) is 0 Å². The predicted molar refractivity (Wildman–Crippen MR) is 74.7 cm³/mol. The van der Waals surface area contributed by atoms with Crippen molar-refractivity contribution in [2.75, 3.05) is 7.05 Å². The van der Waals surface area contributed by atoms with Gasteiger partial charge in [-0.05, 0) is 19.2 Å². The standard InChI is InChI=1S/C15H14N4/c1-16-14(15-18-9-4-10-19-15)12-7-2-5-11-6-3-8-17-13(11)12/h2-10,14,16H,1H3. The Morgan fingerprint density at radius 3 is 2.42 bits per heavy atom. The molecule has 0 spiro atoms. The van der Waals surface area contributed by atoms with Gasteiger partial charge in [0.1, 0.15) is 5.82 Å². The molecule has 1 atom stereocenters. The van der Waals surface area contributed by atoms with E-state index in [1.54, 1.807) is 12.4 Å². The van der Waals surface area contributed by atoms with E-state index in [1.165, 1.54) is 0 Å². The van der Waals surface area contributed by atoms with E-state index >= 15 is 0 Å². The first-order chi connectivity index (χ1) is 9.40. The third kappa shape index (κ3) is 2.18. The second-order valence-corrected chi connectivity index (χ2v) is 4.25. The van der Waals surface area contributed by atoms with Crippen molar-refractivity contribution in [1.29, 1.82) is 0 Å². The third-order valence-electron chi connectivity index (χ3n) is 3.11. The van der Waals surface area contributed by atoms with Crippen LogP contribution in [0, 0.1) is 0 Å². The SMILES string of the molecule is CNC(c1ncccn1)c1cccc2cccnc12. The van der Waals surface area contributed by atoms with Crippen LogP contribution in [-0.4, -0.2) is 22.0 Å². The Bertz CT molecular complexity index is 677. The largest absolute Gasteiger partial charge is 0.307 e. The number of pyridine rings is 1. The molecule has 3 rings (SSSR count). The average molecular weight is 250 g/mol. The van der Waals surface area contributed by atoms with Crippen LogP contribution in [0.3, 0.4) is 0 Å². The van der Waals surface area contributed by atoms with E-state index in [0.717, 1.165) is 22.3 Å². The first kappa shape index (κ1) is 11.7. The van der Waals surface area contributed by atoms with Gasteiger partial charge in [-0.2, -0.15) is 0 Å². The normalized spacial score (nSPS) is 12.5. The van der Waals surface area contributed by atoms with E-state index in [0.29, 0.717) is 0 Å². The molecule has 4 heteroatoms. The molecular weight excluding hydrogens is 236 g/mol. The molecule has 0 aliphatic heterocycles. The predicted octanol–water partition coefficient (Wildman–Crippen LogP) is 2.33. The fraction of sp³-hybridized carbons (Fsp3) is 0.133. The van der Waals surface area contributed by atoms with Crippen LogP contribution < -0.4 is 5.32 Å². The molecule has 0 saturated carbocycles. The Morgan fingerprint density at radius 1 is 0.895 bits per heavy atom. The van der Waals surface area contributed by atoms with E-state index in [1.807, 2.05) is 31.4 Å². The van der Waals surface area contributed by atoms with Crippen LogP contribution in [0.5, 0.6) is 0 Å². The Balaban J connectivity index is 2.17. The molecular formula is C15H14N4. The molecule has 94 valence electrons. The second-order valence-electron chi connectivity index (χ2n) is 4.25. The summed E-state index contributed by atoms with van der Waals surface area (Å²) in [5.74, 6) is 0.753. The fourth-order valence-electron chi connectivity index (χ4n) is 2.24. The van der Waals surface area contributed by atoms with Gasteiger partial charge in [0, 0.05) is 29.5 Å². The highest BCUT2D eigenvalue weighted by Crippen LogP contribution is 2.25. The van der Waals surface area contributed by atoms with Crippen LogP contribution in [-0.2, 0) is 0 Å². The van der Waals surface area contributed by atoms with Crippen molar-refractivity contribution in [3.8, 4) is 0 Å². The number of fused-ring (bicyclic) bond motifs is 1. The second kappa shape index (κ2) is 5.12. The minimum Gasteiger partial charge on any atom is -0.307 e. The van der Waals surface area contributed by atoms with Crippen LogP contribution in [0.25, 0.3) is 10.9 Å². The zero-order chi connectivity index (χ0) is 13.1. The zero-order valence-corrected chi connectivity index (χ0v) is 10.6. The van der Waals surface area contributed by atoms with Crippen LogP contribution >= 0.6 is 0 Å². The summed E-state index contributed by atoms with van der Waals surface area (Å²) >= 11 is 0. The molecule has 1 unspecified atom stereocenters. The van der Waals surface area contributed by atoms with Gasteiger partial charge in [-0.1, -0.05) is 24.3 Å². The molecule has 0 aliphatic carbocycles. The fourth-order valence-corrected chi connectivity index (χ4v) is 2.24. The Morgan fingerprint density at radius 2 is 1.63 bits per heavy atom. The van der Waals surface area contributed by atoms with Crippen LogP contribution in [0.4, 0.5) is 0 Å². The minimum atomic E-state index is -0.0557. The van der Waals surface area contributed by atoms with E-state index < -0.39 is 0 Å². The van der Waals surface area contributed by atoms with Gasteiger partial charge in [0.15, 0.2) is 0 Å². The maximum absolute atomic E-state index is 4.48. The van der Waals surface area contributed by atoms with Crippen LogP contribution in [0.2, 0.25) is 0 Å². The number of nitrogens with one attached hydrogen (secondary N) is 1. The number of rotatable bonds is 3. The van der Waals surface area contributed by atoms with E-state index in [4.69, 9.17) is 0 Å². The minimum absolute atomic E-state index is 0.0557. The number of para-hydroxylation sites is 1. The summed E-state index contributed by atoms with van der Waals surface area (Å²) in [6.45, 7) is 0. The lowest BCUT2D eigenvalue weighted by Crippen LogP contribution is -2.20. The maximum Gasteiger partial charge on any atom is 0.149 e. The average Bonchev–Trinajstić information content (AvgIpc) is 2.49. The highest BCUT2D eigenvalue weighted by atomic mass is 15.0. The van der Waals surface area contributed by atoms with Gasteiger partial charge in [0.25, 0.3) is 0 Å². The Labute approximate surface area is 111 Å². The topological polar surface area (TPSA) is 50.7 Å². The van der Waals surface area contributed by atoms with Crippen molar-refractivity contribution in [3.63, 3.8) is 0 Å². The molecule has 0 radical (unpaired) electrons. The molecule has 0 aliphatic rings. The molecule has 0 amide bonds. The van der Waals surface area contributed by atoms with Crippen LogP contribution in [0.1, 0.15) is 17.4 Å². The van der Waals surface area contributed by atoms with E-state index in [-0.39, 0.29) is 6.04 Å². The van der Waals surface area contributed by atoms with E-state index in [2.05, 4.69) is 38.5 Å². The van der Waals surface area contributed by atoms with E-state index in [9.17, 15) is 0 Å². The number of hydrogen-bond donors (Lipinski definition) is 1. The molecule has 0 fully saturated rings. The van der Waals surface area contributed by atoms with Gasteiger partial charge in [-0.25, -0.2) is 9.97 Å². The summed E-state index contributed by atoms with van der Waals surface area (Å²) in [6, 6.07) is 11.9. The van der Waals surface area contributed by atoms with Gasteiger partial charge in [0.05, 0.1) is 11.6 Å². The lowest BCUT2D eigenvalue weighted by atomic mass is 10.0. The number of benzene rings is 1. The lowest BCUT2D eigenvalue weighted by Gasteiger charge is -2.16. The molecule has 2 heterocycles. The molecule has 1 aromatic carbocycles. The number of nitrogens with zero attached hydrogens (tertiary/aromatic N) is 3. The summed E-state index contributed by atoms with van der Waals surface area (Å²) < 4.78 is 0. The lowest BCUT2D eigenvalue weighted by molar-refractivity contribution is 0.649. The van der Waals surface area contributed by atoms with Crippen molar-refractivity contribution in [2.24, 2.45) is 0 Å². The zero-order valence-electron chi connectivity index (χ0n) is 10.6. The summed E-state index contributed by atoms with van der Waals surface area (Å²) in [5, 5.41) is 4.38. The summed E-state index contributed by atoms with van der Waals surface area (Å²) in [5.41, 5.74) is 2.07. The highest BCUT2D eigenvalue weighted by molar-refractivity contribution is 5.82. The maximum atomic E-state index is 4.48. The molecule has 0 saturated heterocycles. The van der Waals surface area contributed by atoms with Crippen molar-refractivity contribution < 1.29 is 0 Å². The highest BCUT2D eigenvalue weighted by Gasteiger charge is 2.17. The van der Waals surface area contributed by atoms with Gasteiger partial charge in [-0.15, -0.1) is 0 Å². The summed E-state index contributed by atoms with van der Waals surface area (Å²) in [4.78, 5) is 13.1. The monoisotopic (exact) mass is 250 g/mol. The van der Waals surface area contributed by atoms with Crippen molar-refractivity contribution in [2.45, 2.75) is 6.04 Å². The third-order valence-corrected chi connectivity index (χ3v) is 3.11. The molecule has 1 N–H and O–H groups in total. The van der Waals surface area contributed by atoms with Crippen LogP contribution in [0.15, 0.2) is 55.0 Å². The first-order valence-electron chi connectivity index (χ1n) is 6.18. The van der Waals surface area contributed by atoms with Crippen molar-refractivity contribution >= 4 is 10.9 Å². The van der Waals surface area contributed by atoms with Gasteiger partial charge >= 0.3 is 0 Å². The Hall–Kier alpha value is -2.33. The molecule has 19 heavy (non-hydrogen) atoms. The first-order valence-corrected chi connectivity index (χ1v) is 6.18. The molecule has 0 bridgehead atoms. The molecule has 2 aromatic heterocycles. The number of aromatic nitrogens is 3. The van der Waals surface area contributed by atoms with Gasteiger partial charge in [-0.3, -0.25) is 4.98 Å².